The molecule has 0 aromatic heterocycles. The van der Waals surface area contributed by atoms with Gasteiger partial charge < -0.3 is 9.84 Å². The van der Waals surface area contributed by atoms with Crippen LogP contribution in [0.2, 0.25) is 0 Å². The van der Waals surface area contributed by atoms with Gasteiger partial charge in [-0.15, -0.1) is 0 Å². The number of alkyl halides is 2. The zero-order valence-electron chi connectivity index (χ0n) is 8.92. The van der Waals surface area contributed by atoms with Crippen LogP contribution in [-0.2, 0) is 9.53 Å². The Labute approximate surface area is 147 Å². The van der Waals surface area contributed by atoms with Gasteiger partial charge >= 0.3 is 17.9 Å². The van der Waals surface area contributed by atoms with E-state index in [4.69, 9.17) is 5.11 Å². The topological polar surface area (TPSA) is 63.6 Å². The van der Waals surface area contributed by atoms with E-state index in [0.717, 1.165) is 3.57 Å². The van der Waals surface area contributed by atoms with Crippen LogP contribution in [0.5, 0.6) is 0 Å². The normalized spacial score (nSPS) is 11.2. The highest BCUT2D eigenvalue weighted by atomic mass is 127. The Morgan fingerprint density at radius 1 is 1.21 bits per heavy atom. The molecule has 0 radical (unpaired) electrons. The molecule has 4 nitrogen and oxygen atoms in total. The van der Waals surface area contributed by atoms with E-state index in [1.165, 1.54) is 0 Å². The van der Waals surface area contributed by atoms with E-state index in [1.807, 2.05) is 45.2 Å². The summed E-state index contributed by atoms with van der Waals surface area (Å²) in [5.41, 5.74) is 0.155. The molecule has 0 heterocycles. The zero-order valence-corrected chi connectivity index (χ0v) is 15.4. The van der Waals surface area contributed by atoms with E-state index >= 15 is 0 Å². The number of ether oxygens (including phenoxy) is 1. The largest absolute Gasteiger partial charge is 0.477 e. The SMILES string of the molecule is O=C(OCC(F)(F)C(=O)O)c1c(I)cc(I)cc1I. The van der Waals surface area contributed by atoms with Gasteiger partial charge in [0.1, 0.15) is 0 Å². The first-order valence-corrected chi connectivity index (χ1v) is 7.81. The number of halogens is 5. The maximum absolute atomic E-state index is 12.8. The van der Waals surface area contributed by atoms with Crippen LogP contribution in [0.4, 0.5) is 8.78 Å². The molecule has 0 spiro atoms. The third-order valence-corrected chi connectivity index (χ3v) is 4.23. The Balaban J connectivity index is 2.89. The predicted molar refractivity (Wildman–Crippen MR) is 87.5 cm³/mol. The van der Waals surface area contributed by atoms with Gasteiger partial charge in [-0.05, 0) is 79.9 Å². The average Bonchev–Trinajstić information content (AvgIpc) is 2.24. The first kappa shape index (κ1) is 17.3. The number of carbonyl (C=O) groups excluding carboxylic acids is 1. The fourth-order valence-corrected chi connectivity index (χ4v) is 5.05. The van der Waals surface area contributed by atoms with E-state index < -0.39 is 24.5 Å². The Bertz CT molecular complexity index is 511. The van der Waals surface area contributed by atoms with Gasteiger partial charge in [0.05, 0.1) is 5.56 Å². The van der Waals surface area contributed by atoms with Crippen molar-refractivity contribution in [3.05, 3.63) is 28.4 Å². The molecule has 1 rings (SSSR count). The summed E-state index contributed by atoms with van der Waals surface area (Å²) in [6.07, 6.45) is 0. The molecule has 0 aliphatic rings. The summed E-state index contributed by atoms with van der Waals surface area (Å²) in [5.74, 6) is -7.38. The van der Waals surface area contributed by atoms with Gasteiger partial charge in [-0.25, -0.2) is 9.59 Å². The molecule has 9 heteroatoms. The predicted octanol–water partition coefficient (Wildman–Crippen LogP) is 3.38. The molecule has 0 atom stereocenters. The molecule has 0 fully saturated rings. The minimum atomic E-state index is -4.09. The van der Waals surface area contributed by atoms with E-state index in [1.54, 1.807) is 12.1 Å². The fourth-order valence-electron chi connectivity index (χ4n) is 1.03. The summed E-state index contributed by atoms with van der Waals surface area (Å²) < 4.78 is 32.0. The number of hydrogen-bond acceptors (Lipinski definition) is 3. The molecule has 0 unspecified atom stereocenters. The molecule has 104 valence electrons. The van der Waals surface area contributed by atoms with Crippen molar-refractivity contribution < 1.29 is 28.2 Å². The van der Waals surface area contributed by atoms with E-state index in [-0.39, 0.29) is 5.56 Å². The first-order chi connectivity index (χ1) is 8.65. The molecule has 1 aromatic rings. The number of carbonyl (C=O) groups is 2. The van der Waals surface area contributed by atoms with Crippen molar-refractivity contribution in [1.29, 1.82) is 0 Å². The van der Waals surface area contributed by atoms with Crippen LogP contribution in [0.3, 0.4) is 0 Å². The van der Waals surface area contributed by atoms with Gasteiger partial charge in [0.15, 0.2) is 6.61 Å². The van der Waals surface area contributed by atoms with Crippen LogP contribution >= 0.6 is 67.8 Å². The van der Waals surface area contributed by atoms with E-state index in [9.17, 15) is 18.4 Å². The molecule has 0 saturated carbocycles. The third-order valence-electron chi connectivity index (χ3n) is 1.91. The van der Waals surface area contributed by atoms with E-state index in [2.05, 4.69) is 27.3 Å². The third kappa shape index (κ3) is 4.61. The number of hydrogen-bond donors (Lipinski definition) is 1. The van der Waals surface area contributed by atoms with Gasteiger partial charge in [0.25, 0.3) is 0 Å². The lowest BCUT2D eigenvalue weighted by atomic mass is 10.2. The Kier molecular flexibility index (Phi) is 6.16. The summed E-state index contributed by atoms with van der Waals surface area (Å²) in [6.45, 7) is -1.49. The number of benzene rings is 1. The highest BCUT2D eigenvalue weighted by Crippen LogP contribution is 2.24. The van der Waals surface area contributed by atoms with Crippen LogP contribution in [0, 0.1) is 10.7 Å². The van der Waals surface area contributed by atoms with Gasteiger partial charge in [0.2, 0.25) is 0 Å². The summed E-state index contributed by atoms with van der Waals surface area (Å²) in [7, 11) is 0. The maximum atomic E-state index is 12.8. The number of rotatable bonds is 4. The average molecular weight is 608 g/mol. The lowest BCUT2D eigenvalue weighted by Gasteiger charge is -2.13. The van der Waals surface area contributed by atoms with Gasteiger partial charge in [-0.1, -0.05) is 0 Å². The Hall–Kier alpha value is 0.210. The standard InChI is InChI=1S/C10H5F2I3O4/c11-10(12,9(17)18)3-19-8(16)7-5(14)1-4(13)2-6(7)15/h1-2H,3H2,(H,17,18). The molecule has 0 amide bonds. The second-order valence-corrected chi connectivity index (χ2v) is 6.90. The lowest BCUT2D eigenvalue weighted by Crippen LogP contribution is -2.34. The molecule has 0 aliphatic carbocycles. The summed E-state index contributed by atoms with van der Waals surface area (Å²) in [5, 5.41) is 8.23. The number of carboxylic acid groups (broad SMARTS) is 1. The molecule has 0 aliphatic heterocycles. The number of esters is 1. The molecular weight excluding hydrogens is 603 g/mol. The monoisotopic (exact) mass is 608 g/mol. The van der Waals surface area contributed by atoms with Crippen molar-refractivity contribution in [3.8, 4) is 0 Å². The molecule has 0 bridgehead atoms. The van der Waals surface area contributed by atoms with Crippen molar-refractivity contribution in [2.75, 3.05) is 6.61 Å². The van der Waals surface area contributed by atoms with Crippen molar-refractivity contribution in [3.63, 3.8) is 0 Å². The van der Waals surface area contributed by atoms with Crippen LogP contribution < -0.4 is 0 Å². The summed E-state index contributed by atoms with van der Waals surface area (Å²) in [4.78, 5) is 21.9. The molecule has 19 heavy (non-hydrogen) atoms. The Morgan fingerprint density at radius 3 is 2.11 bits per heavy atom. The fraction of sp³-hybridized carbons (Fsp3) is 0.200. The highest BCUT2D eigenvalue weighted by molar-refractivity contribution is 14.1. The number of carboxylic acids is 1. The van der Waals surface area contributed by atoms with Crippen molar-refractivity contribution in [2.45, 2.75) is 5.92 Å². The highest BCUT2D eigenvalue weighted by Gasteiger charge is 2.40. The van der Waals surface area contributed by atoms with Gasteiger partial charge in [-0.2, -0.15) is 8.78 Å². The minimum absolute atomic E-state index is 0.155. The molecule has 0 saturated heterocycles. The second-order valence-electron chi connectivity index (χ2n) is 3.33. The zero-order chi connectivity index (χ0) is 14.8. The van der Waals surface area contributed by atoms with Crippen molar-refractivity contribution >= 4 is 79.7 Å². The maximum Gasteiger partial charge on any atom is 0.378 e. The van der Waals surface area contributed by atoms with E-state index in [0.29, 0.717) is 7.14 Å². The lowest BCUT2D eigenvalue weighted by molar-refractivity contribution is -0.170. The van der Waals surface area contributed by atoms with Crippen LogP contribution in [0.25, 0.3) is 0 Å². The number of aliphatic carboxylic acids is 1. The molecule has 1 aromatic carbocycles. The quantitative estimate of drug-likeness (QED) is 0.421. The van der Waals surface area contributed by atoms with Crippen molar-refractivity contribution in [2.24, 2.45) is 0 Å². The Morgan fingerprint density at radius 2 is 1.68 bits per heavy atom. The summed E-state index contributed by atoms with van der Waals surface area (Å²) in [6, 6.07) is 3.38. The summed E-state index contributed by atoms with van der Waals surface area (Å²) >= 11 is 5.83. The van der Waals surface area contributed by atoms with Crippen LogP contribution in [0.1, 0.15) is 10.4 Å². The van der Waals surface area contributed by atoms with Crippen LogP contribution in [-0.4, -0.2) is 29.6 Å². The molecular formula is C10H5F2I3O4. The van der Waals surface area contributed by atoms with Gasteiger partial charge in [-0.3, -0.25) is 0 Å². The minimum Gasteiger partial charge on any atom is -0.477 e. The first-order valence-electron chi connectivity index (χ1n) is 4.58. The van der Waals surface area contributed by atoms with Crippen molar-refractivity contribution in [1.82, 2.24) is 0 Å². The van der Waals surface area contributed by atoms with Gasteiger partial charge in [0, 0.05) is 10.7 Å². The second kappa shape index (κ2) is 6.78. The molecule has 1 N–H and O–H groups in total. The smallest absolute Gasteiger partial charge is 0.378 e. The van der Waals surface area contributed by atoms with Crippen LogP contribution in [0.15, 0.2) is 12.1 Å².